The molecule has 0 unspecified atom stereocenters. The maximum Gasteiger partial charge on any atom is 0.261 e. The Bertz CT molecular complexity index is 1160. The summed E-state index contributed by atoms with van der Waals surface area (Å²) in [4.78, 5) is 37.3. The van der Waals surface area contributed by atoms with Gasteiger partial charge in [-0.25, -0.2) is 9.97 Å². The standard InChI is InChI=1S/C24H27N5O2/c30-23(26-18-9-11-21(25-16-18)28-12-5-6-13-28)17-8-10-19-20(15-17)27-22-7-3-1-2-4-14-29(22)24(19)31/h8-11,15-16H,1-7,12-14H2,(H,26,30). The fraction of sp³-hybridized carbons (Fsp3) is 0.417. The molecule has 160 valence electrons. The molecule has 1 saturated heterocycles. The molecular formula is C24H27N5O2. The van der Waals surface area contributed by atoms with Crippen LogP contribution >= 0.6 is 0 Å². The summed E-state index contributed by atoms with van der Waals surface area (Å²) in [5, 5.41) is 3.47. The molecule has 31 heavy (non-hydrogen) atoms. The lowest BCUT2D eigenvalue weighted by Gasteiger charge is -2.17. The van der Waals surface area contributed by atoms with E-state index in [2.05, 4.69) is 15.2 Å². The molecule has 0 bridgehead atoms. The Morgan fingerprint density at radius 2 is 1.74 bits per heavy atom. The second kappa shape index (κ2) is 8.49. The van der Waals surface area contributed by atoms with Crippen LogP contribution in [-0.2, 0) is 13.0 Å². The van der Waals surface area contributed by atoms with E-state index in [1.807, 2.05) is 16.7 Å². The fourth-order valence-electron chi connectivity index (χ4n) is 4.53. The summed E-state index contributed by atoms with van der Waals surface area (Å²) < 4.78 is 1.81. The number of fused-ring (bicyclic) bond motifs is 2. The quantitative estimate of drug-likeness (QED) is 0.702. The molecule has 0 radical (unpaired) electrons. The first-order chi connectivity index (χ1) is 15.2. The number of amides is 1. The van der Waals surface area contributed by atoms with Crippen molar-refractivity contribution in [1.82, 2.24) is 14.5 Å². The first-order valence-electron chi connectivity index (χ1n) is 11.2. The minimum atomic E-state index is -0.230. The van der Waals surface area contributed by atoms with Gasteiger partial charge in [0.15, 0.2) is 0 Å². The maximum atomic E-state index is 13.0. The monoisotopic (exact) mass is 417 g/mol. The lowest BCUT2D eigenvalue weighted by molar-refractivity contribution is 0.102. The van der Waals surface area contributed by atoms with Crippen LogP contribution < -0.4 is 15.8 Å². The van der Waals surface area contributed by atoms with E-state index in [4.69, 9.17) is 4.98 Å². The molecular weight excluding hydrogens is 390 g/mol. The zero-order valence-electron chi connectivity index (χ0n) is 17.6. The lowest BCUT2D eigenvalue weighted by atomic mass is 10.1. The number of pyridine rings is 1. The average Bonchev–Trinajstić information content (AvgIpc) is 3.30. The van der Waals surface area contributed by atoms with Gasteiger partial charge in [-0.1, -0.05) is 12.8 Å². The summed E-state index contributed by atoms with van der Waals surface area (Å²) in [6.45, 7) is 2.79. The van der Waals surface area contributed by atoms with Gasteiger partial charge in [0.05, 0.1) is 22.8 Å². The Balaban J connectivity index is 1.38. The largest absolute Gasteiger partial charge is 0.357 e. The summed E-state index contributed by atoms with van der Waals surface area (Å²) in [7, 11) is 0. The van der Waals surface area contributed by atoms with Gasteiger partial charge in [-0.05, 0) is 56.0 Å². The summed E-state index contributed by atoms with van der Waals surface area (Å²) >= 11 is 0. The first-order valence-corrected chi connectivity index (χ1v) is 11.2. The Morgan fingerprint density at radius 1 is 0.935 bits per heavy atom. The van der Waals surface area contributed by atoms with Crippen LogP contribution in [0.3, 0.4) is 0 Å². The first kappa shape index (κ1) is 19.7. The van der Waals surface area contributed by atoms with Crippen molar-refractivity contribution in [1.29, 1.82) is 0 Å². The molecule has 2 aliphatic rings. The number of nitrogens with zero attached hydrogens (tertiary/aromatic N) is 4. The van der Waals surface area contributed by atoms with Gasteiger partial charge >= 0.3 is 0 Å². The highest BCUT2D eigenvalue weighted by Gasteiger charge is 2.16. The molecule has 4 heterocycles. The van der Waals surface area contributed by atoms with Crippen LogP contribution in [0.4, 0.5) is 11.5 Å². The number of hydrogen-bond acceptors (Lipinski definition) is 5. The van der Waals surface area contributed by atoms with Gasteiger partial charge in [0.25, 0.3) is 11.5 Å². The molecule has 0 saturated carbocycles. The zero-order chi connectivity index (χ0) is 21.2. The van der Waals surface area contributed by atoms with E-state index >= 15 is 0 Å². The molecule has 2 aliphatic heterocycles. The van der Waals surface area contributed by atoms with E-state index in [0.29, 0.717) is 22.2 Å². The Morgan fingerprint density at radius 3 is 2.55 bits per heavy atom. The number of benzene rings is 1. The highest BCUT2D eigenvalue weighted by molar-refractivity contribution is 6.06. The van der Waals surface area contributed by atoms with E-state index in [1.54, 1.807) is 24.4 Å². The van der Waals surface area contributed by atoms with Crippen LogP contribution in [0.25, 0.3) is 10.9 Å². The van der Waals surface area contributed by atoms with Crippen molar-refractivity contribution in [3.8, 4) is 0 Å². The Hall–Kier alpha value is -3.22. The number of hydrogen-bond donors (Lipinski definition) is 1. The highest BCUT2D eigenvalue weighted by Crippen LogP contribution is 2.20. The molecule has 0 atom stereocenters. The summed E-state index contributed by atoms with van der Waals surface area (Å²) in [6.07, 6.45) is 9.25. The molecule has 2 aromatic heterocycles. The molecule has 5 rings (SSSR count). The second-order valence-electron chi connectivity index (χ2n) is 8.43. The van der Waals surface area contributed by atoms with Crippen LogP contribution in [0, 0.1) is 0 Å². The van der Waals surface area contributed by atoms with Gasteiger partial charge < -0.3 is 10.2 Å². The molecule has 1 amide bonds. The third-order valence-electron chi connectivity index (χ3n) is 6.26. The SMILES string of the molecule is O=C(Nc1ccc(N2CCCC2)nc1)c1ccc2c(=O)n3c(nc2c1)CCCCCC3. The molecule has 1 N–H and O–H groups in total. The van der Waals surface area contributed by atoms with Crippen molar-refractivity contribution in [3.05, 3.63) is 58.3 Å². The minimum absolute atomic E-state index is 0.00411. The van der Waals surface area contributed by atoms with E-state index in [1.165, 1.54) is 19.3 Å². The topological polar surface area (TPSA) is 80.1 Å². The molecule has 0 aliphatic carbocycles. The molecule has 1 aromatic carbocycles. The van der Waals surface area contributed by atoms with E-state index in [0.717, 1.165) is 57.0 Å². The normalized spacial score (nSPS) is 16.6. The second-order valence-corrected chi connectivity index (χ2v) is 8.43. The predicted molar refractivity (Wildman–Crippen MR) is 122 cm³/mol. The van der Waals surface area contributed by atoms with Gasteiger partial charge in [0.1, 0.15) is 11.6 Å². The third kappa shape index (κ3) is 4.04. The number of aryl methyl sites for hydroxylation is 1. The maximum absolute atomic E-state index is 13.0. The van der Waals surface area contributed by atoms with Crippen molar-refractivity contribution < 1.29 is 4.79 Å². The number of nitrogens with one attached hydrogen (secondary N) is 1. The van der Waals surface area contributed by atoms with E-state index in [9.17, 15) is 9.59 Å². The van der Waals surface area contributed by atoms with Crippen LogP contribution in [0.1, 0.15) is 54.7 Å². The van der Waals surface area contributed by atoms with Crippen molar-refractivity contribution in [2.24, 2.45) is 0 Å². The van der Waals surface area contributed by atoms with Crippen LogP contribution in [0.15, 0.2) is 41.3 Å². The average molecular weight is 418 g/mol. The van der Waals surface area contributed by atoms with Gasteiger partial charge in [0.2, 0.25) is 0 Å². The van der Waals surface area contributed by atoms with E-state index < -0.39 is 0 Å². The smallest absolute Gasteiger partial charge is 0.261 e. The number of rotatable bonds is 3. The molecule has 3 aromatic rings. The predicted octanol–water partition coefficient (Wildman–Crippen LogP) is 3.76. The number of carbonyl (C=O) groups is 1. The van der Waals surface area contributed by atoms with Gasteiger partial charge in [-0.3, -0.25) is 14.2 Å². The Kier molecular flexibility index (Phi) is 5.40. The van der Waals surface area contributed by atoms with Gasteiger partial charge in [-0.15, -0.1) is 0 Å². The molecule has 7 nitrogen and oxygen atoms in total. The number of carbonyl (C=O) groups excluding carboxylic acids is 1. The van der Waals surface area contributed by atoms with Crippen LogP contribution in [-0.4, -0.2) is 33.5 Å². The zero-order valence-corrected chi connectivity index (χ0v) is 17.6. The van der Waals surface area contributed by atoms with Crippen LogP contribution in [0.5, 0.6) is 0 Å². The van der Waals surface area contributed by atoms with Crippen LogP contribution in [0.2, 0.25) is 0 Å². The summed E-state index contributed by atoms with van der Waals surface area (Å²) in [5.41, 5.74) is 1.72. The van der Waals surface area contributed by atoms with Crippen molar-refractivity contribution in [3.63, 3.8) is 0 Å². The lowest BCUT2D eigenvalue weighted by Crippen LogP contribution is -2.26. The van der Waals surface area contributed by atoms with Crippen molar-refractivity contribution in [2.75, 3.05) is 23.3 Å². The molecule has 7 heteroatoms. The van der Waals surface area contributed by atoms with E-state index in [-0.39, 0.29) is 11.5 Å². The Labute approximate surface area is 181 Å². The minimum Gasteiger partial charge on any atom is -0.357 e. The third-order valence-corrected chi connectivity index (χ3v) is 6.26. The summed E-state index contributed by atoms with van der Waals surface area (Å²) in [6, 6.07) is 8.97. The number of anilines is 2. The van der Waals surface area contributed by atoms with Crippen molar-refractivity contribution >= 4 is 28.3 Å². The number of aromatic nitrogens is 3. The van der Waals surface area contributed by atoms with Crippen molar-refractivity contribution in [2.45, 2.75) is 51.5 Å². The fourth-order valence-corrected chi connectivity index (χ4v) is 4.53. The van der Waals surface area contributed by atoms with Gasteiger partial charge in [-0.2, -0.15) is 0 Å². The molecule has 1 fully saturated rings. The van der Waals surface area contributed by atoms with Gasteiger partial charge in [0, 0.05) is 31.6 Å². The highest BCUT2D eigenvalue weighted by atomic mass is 16.1. The molecule has 0 spiro atoms. The summed E-state index contributed by atoms with van der Waals surface area (Å²) in [5.74, 6) is 1.55.